The van der Waals surface area contributed by atoms with Crippen LogP contribution in [0.4, 0.5) is 10.1 Å². The number of benzene rings is 2. The Morgan fingerprint density at radius 2 is 1.89 bits per heavy atom. The number of nitrogens with zero attached hydrogens (tertiary/aromatic N) is 2. The highest BCUT2D eigenvalue weighted by atomic mass is 19.1. The monoisotopic (exact) mass is 367 g/mol. The SMILES string of the molecule is O=C(Cc1ccccc1[N+](=O)[O-])NN=Cc1ccc(-c2ccc(F)cc2)o1. The lowest BCUT2D eigenvalue weighted by Gasteiger charge is -2.01. The number of carbonyl (C=O) groups excluding carboxylic acids is 1. The topological polar surface area (TPSA) is 97.7 Å². The quantitative estimate of drug-likeness (QED) is 0.408. The summed E-state index contributed by atoms with van der Waals surface area (Å²) in [4.78, 5) is 22.3. The predicted octanol–water partition coefficient (Wildman–Crippen LogP) is 3.69. The molecule has 3 rings (SSSR count). The summed E-state index contributed by atoms with van der Waals surface area (Å²) >= 11 is 0. The van der Waals surface area contributed by atoms with E-state index in [0.29, 0.717) is 22.6 Å². The Morgan fingerprint density at radius 1 is 1.15 bits per heavy atom. The average molecular weight is 367 g/mol. The summed E-state index contributed by atoms with van der Waals surface area (Å²) in [5.41, 5.74) is 3.18. The first-order valence-corrected chi connectivity index (χ1v) is 7.93. The van der Waals surface area contributed by atoms with Gasteiger partial charge < -0.3 is 4.42 Å². The van der Waals surface area contributed by atoms with E-state index in [1.807, 2.05) is 0 Å². The molecule has 0 aliphatic rings. The average Bonchev–Trinajstić information content (AvgIpc) is 3.11. The third-order valence-electron chi connectivity index (χ3n) is 3.68. The van der Waals surface area contributed by atoms with E-state index < -0.39 is 10.8 Å². The van der Waals surface area contributed by atoms with Crippen LogP contribution < -0.4 is 5.43 Å². The highest BCUT2D eigenvalue weighted by Gasteiger charge is 2.15. The molecule has 0 unspecified atom stereocenters. The van der Waals surface area contributed by atoms with Crippen molar-refractivity contribution in [2.45, 2.75) is 6.42 Å². The summed E-state index contributed by atoms with van der Waals surface area (Å²) in [6.07, 6.45) is 1.14. The molecule has 0 atom stereocenters. The van der Waals surface area contributed by atoms with Crippen LogP contribution in [0.25, 0.3) is 11.3 Å². The Morgan fingerprint density at radius 3 is 2.63 bits per heavy atom. The van der Waals surface area contributed by atoms with Crippen LogP contribution in [0.15, 0.2) is 70.2 Å². The number of nitrogens with one attached hydrogen (secondary N) is 1. The molecule has 0 radical (unpaired) electrons. The molecule has 0 spiro atoms. The number of nitro groups is 1. The summed E-state index contributed by atoms with van der Waals surface area (Å²) in [5, 5.41) is 14.7. The zero-order chi connectivity index (χ0) is 19.2. The summed E-state index contributed by atoms with van der Waals surface area (Å²) in [7, 11) is 0. The molecule has 1 amide bonds. The number of rotatable bonds is 6. The van der Waals surface area contributed by atoms with Crippen LogP contribution >= 0.6 is 0 Å². The maximum absolute atomic E-state index is 12.9. The molecule has 0 aliphatic heterocycles. The molecule has 27 heavy (non-hydrogen) atoms. The fourth-order valence-electron chi connectivity index (χ4n) is 2.41. The van der Waals surface area contributed by atoms with E-state index in [4.69, 9.17) is 4.42 Å². The van der Waals surface area contributed by atoms with Crippen molar-refractivity contribution in [1.29, 1.82) is 0 Å². The van der Waals surface area contributed by atoms with E-state index >= 15 is 0 Å². The molecule has 1 N–H and O–H groups in total. The molecular weight excluding hydrogens is 353 g/mol. The van der Waals surface area contributed by atoms with Crippen LogP contribution in [0.1, 0.15) is 11.3 Å². The van der Waals surface area contributed by atoms with Gasteiger partial charge in [0.1, 0.15) is 17.3 Å². The largest absolute Gasteiger partial charge is 0.455 e. The Bertz CT molecular complexity index is 996. The minimum absolute atomic E-state index is 0.119. The summed E-state index contributed by atoms with van der Waals surface area (Å²) < 4.78 is 18.5. The number of amides is 1. The maximum atomic E-state index is 12.9. The van der Waals surface area contributed by atoms with Crippen LogP contribution in [-0.2, 0) is 11.2 Å². The third kappa shape index (κ3) is 4.63. The van der Waals surface area contributed by atoms with Gasteiger partial charge in [0.15, 0.2) is 0 Å². The molecular formula is C19H14FN3O4. The fourth-order valence-corrected chi connectivity index (χ4v) is 2.41. The molecule has 0 fully saturated rings. The minimum Gasteiger partial charge on any atom is -0.455 e. The molecule has 8 heteroatoms. The molecule has 7 nitrogen and oxygen atoms in total. The van der Waals surface area contributed by atoms with E-state index in [9.17, 15) is 19.3 Å². The molecule has 2 aromatic carbocycles. The molecule has 3 aromatic rings. The number of para-hydroxylation sites is 1. The van der Waals surface area contributed by atoms with Crippen LogP contribution in [-0.4, -0.2) is 17.0 Å². The first kappa shape index (κ1) is 18.0. The highest BCUT2D eigenvalue weighted by molar-refractivity contribution is 5.82. The number of halogens is 1. The van der Waals surface area contributed by atoms with Crippen molar-refractivity contribution in [2.24, 2.45) is 5.10 Å². The Kier molecular flexibility index (Phi) is 5.36. The second kappa shape index (κ2) is 8.05. The Labute approximate surface area is 153 Å². The van der Waals surface area contributed by atoms with Crippen molar-refractivity contribution in [3.8, 4) is 11.3 Å². The smallest absolute Gasteiger partial charge is 0.273 e. The molecule has 0 saturated carbocycles. The van der Waals surface area contributed by atoms with Gasteiger partial charge in [-0.2, -0.15) is 5.10 Å². The standard InChI is InChI=1S/C19H14FN3O4/c20-15-7-5-13(6-8-15)18-10-9-16(27-18)12-21-22-19(24)11-14-3-1-2-4-17(14)23(25)26/h1-10,12H,11H2,(H,22,24). The molecule has 1 aromatic heterocycles. The van der Waals surface area contributed by atoms with Gasteiger partial charge in [-0.3, -0.25) is 14.9 Å². The van der Waals surface area contributed by atoms with Crippen molar-refractivity contribution < 1.29 is 18.5 Å². The molecule has 1 heterocycles. The lowest BCUT2D eigenvalue weighted by atomic mass is 10.1. The molecule has 0 bridgehead atoms. The van der Waals surface area contributed by atoms with Crippen molar-refractivity contribution >= 4 is 17.8 Å². The Hall–Kier alpha value is -3.81. The molecule has 0 saturated heterocycles. The fraction of sp³-hybridized carbons (Fsp3) is 0.0526. The van der Waals surface area contributed by atoms with Crippen molar-refractivity contribution in [1.82, 2.24) is 5.43 Å². The third-order valence-corrected chi connectivity index (χ3v) is 3.68. The molecule has 0 aliphatic carbocycles. The number of nitro benzene ring substituents is 1. The second-order valence-corrected chi connectivity index (χ2v) is 5.56. The van der Waals surface area contributed by atoms with Gasteiger partial charge in [0.2, 0.25) is 5.91 Å². The summed E-state index contributed by atoms with van der Waals surface area (Å²) in [6, 6.07) is 15.2. The van der Waals surface area contributed by atoms with Gasteiger partial charge in [-0.25, -0.2) is 9.82 Å². The van der Waals surface area contributed by atoms with Crippen LogP contribution in [0, 0.1) is 15.9 Å². The number of hydrogen-bond donors (Lipinski definition) is 1. The van der Waals surface area contributed by atoms with Gasteiger partial charge in [0.25, 0.3) is 5.69 Å². The number of carbonyl (C=O) groups is 1. The molecule has 136 valence electrons. The van der Waals surface area contributed by atoms with Gasteiger partial charge in [0, 0.05) is 17.2 Å². The van der Waals surface area contributed by atoms with Gasteiger partial charge in [-0.1, -0.05) is 18.2 Å². The van der Waals surface area contributed by atoms with Crippen molar-refractivity contribution in [3.05, 3.63) is 87.9 Å². The van der Waals surface area contributed by atoms with Gasteiger partial charge >= 0.3 is 0 Å². The lowest BCUT2D eigenvalue weighted by Crippen LogP contribution is -2.20. The summed E-state index contributed by atoms with van der Waals surface area (Å²) in [6.45, 7) is 0. The number of furan rings is 1. The first-order valence-electron chi connectivity index (χ1n) is 7.93. The van der Waals surface area contributed by atoms with E-state index in [0.717, 1.165) is 0 Å². The van der Waals surface area contributed by atoms with E-state index in [1.165, 1.54) is 36.5 Å². The highest BCUT2D eigenvalue weighted by Crippen LogP contribution is 2.21. The second-order valence-electron chi connectivity index (χ2n) is 5.56. The number of hydrogen-bond acceptors (Lipinski definition) is 5. The van der Waals surface area contributed by atoms with Crippen molar-refractivity contribution in [3.63, 3.8) is 0 Å². The van der Waals surface area contributed by atoms with E-state index in [-0.39, 0.29) is 17.9 Å². The summed E-state index contributed by atoms with van der Waals surface area (Å²) in [5.74, 6) is 0.0855. The normalized spacial score (nSPS) is 10.9. The zero-order valence-corrected chi connectivity index (χ0v) is 14.0. The number of hydrazone groups is 1. The maximum Gasteiger partial charge on any atom is 0.273 e. The van der Waals surface area contributed by atoms with Crippen LogP contribution in [0.5, 0.6) is 0 Å². The van der Waals surface area contributed by atoms with Crippen molar-refractivity contribution in [2.75, 3.05) is 0 Å². The van der Waals surface area contributed by atoms with E-state index in [1.54, 1.807) is 30.3 Å². The zero-order valence-electron chi connectivity index (χ0n) is 14.0. The Balaban J connectivity index is 1.60. The minimum atomic E-state index is -0.536. The van der Waals surface area contributed by atoms with Gasteiger partial charge in [-0.05, 0) is 36.4 Å². The van der Waals surface area contributed by atoms with Gasteiger partial charge in [0.05, 0.1) is 17.6 Å². The predicted molar refractivity (Wildman–Crippen MR) is 96.6 cm³/mol. The van der Waals surface area contributed by atoms with Crippen LogP contribution in [0.2, 0.25) is 0 Å². The first-order chi connectivity index (χ1) is 13.0. The lowest BCUT2D eigenvalue weighted by molar-refractivity contribution is -0.385. The van der Waals surface area contributed by atoms with Gasteiger partial charge in [-0.15, -0.1) is 0 Å². The van der Waals surface area contributed by atoms with Crippen LogP contribution in [0.3, 0.4) is 0 Å². The van der Waals surface area contributed by atoms with E-state index in [2.05, 4.69) is 10.5 Å².